The van der Waals surface area contributed by atoms with Crippen molar-refractivity contribution in [1.82, 2.24) is 5.32 Å². The average Bonchev–Trinajstić information content (AvgIpc) is 2.99. The monoisotopic (exact) mass is 353 g/mol. The highest BCUT2D eigenvalue weighted by Gasteiger charge is 2.08. The quantitative estimate of drug-likeness (QED) is 0.667. The fourth-order valence-corrected chi connectivity index (χ4v) is 2.16. The zero-order valence-electron chi connectivity index (χ0n) is 14.0. The zero-order valence-corrected chi connectivity index (χ0v) is 14.8. The number of rotatable bonds is 9. The Hall–Kier alpha value is -1.82. The molecule has 0 bridgehead atoms. The summed E-state index contributed by atoms with van der Waals surface area (Å²) >= 11 is 0. The van der Waals surface area contributed by atoms with Gasteiger partial charge in [-0.1, -0.05) is 12.1 Å². The molecule has 5 nitrogen and oxygen atoms in total. The molecule has 2 aromatic rings. The van der Waals surface area contributed by atoms with Gasteiger partial charge in [0.1, 0.15) is 11.5 Å². The van der Waals surface area contributed by atoms with Crippen molar-refractivity contribution < 1.29 is 19.1 Å². The van der Waals surface area contributed by atoms with Crippen LogP contribution in [-0.2, 0) is 11.3 Å². The lowest BCUT2D eigenvalue weighted by atomic mass is 10.1. The molecule has 24 heavy (non-hydrogen) atoms. The van der Waals surface area contributed by atoms with Gasteiger partial charge in [0.25, 0.3) is 0 Å². The minimum absolute atomic E-state index is 0. The van der Waals surface area contributed by atoms with E-state index in [1.165, 1.54) is 0 Å². The van der Waals surface area contributed by atoms with E-state index >= 15 is 0 Å². The number of aromatic carboxylic acids is 1. The Morgan fingerprint density at radius 3 is 2.79 bits per heavy atom. The molecule has 0 aliphatic heterocycles. The van der Waals surface area contributed by atoms with E-state index in [9.17, 15) is 4.79 Å². The molecule has 1 aromatic carbocycles. The number of hydrogen-bond acceptors (Lipinski definition) is 4. The molecule has 0 saturated carbocycles. The van der Waals surface area contributed by atoms with Gasteiger partial charge in [-0.15, -0.1) is 12.4 Å². The van der Waals surface area contributed by atoms with Gasteiger partial charge in [0.15, 0.2) is 0 Å². The summed E-state index contributed by atoms with van der Waals surface area (Å²) in [7, 11) is 0. The molecule has 0 unspecified atom stereocenters. The lowest BCUT2D eigenvalue weighted by molar-refractivity contribution is 0.0696. The molecule has 0 spiro atoms. The summed E-state index contributed by atoms with van der Waals surface area (Å²) in [6.45, 7) is 6.29. The molecule has 0 aliphatic rings. The van der Waals surface area contributed by atoms with Crippen molar-refractivity contribution in [2.75, 3.05) is 13.2 Å². The lowest BCUT2D eigenvalue weighted by Gasteiger charge is -2.07. The van der Waals surface area contributed by atoms with Crippen LogP contribution in [-0.4, -0.2) is 30.3 Å². The summed E-state index contributed by atoms with van der Waals surface area (Å²) in [6.07, 6.45) is 1.22. The van der Waals surface area contributed by atoms with Crippen LogP contribution in [0.5, 0.6) is 0 Å². The Morgan fingerprint density at radius 1 is 1.29 bits per heavy atom. The Kier molecular flexibility index (Phi) is 8.54. The van der Waals surface area contributed by atoms with E-state index in [1.807, 2.05) is 32.0 Å². The number of halogens is 1. The van der Waals surface area contributed by atoms with Crippen molar-refractivity contribution in [3.05, 3.63) is 47.7 Å². The van der Waals surface area contributed by atoms with Crippen LogP contribution in [0.25, 0.3) is 11.3 Å². The normalized spacial score (nSPS) is 10.6. The molecule has 0 atom stereocenters. The standard InChI is InChI=1S/C18H23NO4.ClH/c1-13(2)22-10-4-9-19-12-16-7-8-17(23-16)14-5-3-6-15(11-14)18(20)21;/h3,5-8,11,13,19H,4,9-10,12H2,1-2H3,(H,20,21);1H. The van der Waals surface area contributed by atoms with Crippen molar-refractivity contribution in [2.45, 2.75) is 32.9 Å². The maximum atomic E-state index is 11.0. The molecule has 0 radical (unpaired) electrons. The van der Waals surface area contributed by atoms with E-state index < -0.39 is 5.97 Å². The second kappa shape index (κ2) is 10.1. The van der Waals surface area contributed by atoms with Crippen LogP contribution in [0.3, 0.4) is 0 Å². The maximum Gasteiger partial charge on any atom is 0.335 e. The molecular formula is C18H24ClNO4. The Labute approximate surface area is 148 Å². The van der Waals surface area contributed by atoms with E-state index in [0.717, 1.165) is 30.9 Å². The third-order valence-corrected chi connectivity index (χ3v) is 3.30. The average molecular weight is 354 g/mol. The number of ether oxygens (including phenoxy) is 1. The first-order chi connectivity index (χ1) is 11.1. The molecule has 6 heteroatoms. The third-order valence-electron chi connectivity index (χ3n) is 3.30. The number of hydrogen-bond donors (Lipinski definition) is 2. The van der Waals surface area contributed by atoms with Crippen LogP contribution in [0.1, 0.15) is 36.4 Å². The lowest BCUT2D eigenvalue weighted by Crippen LogP contribution is -2.17. The Balaban J connectivity index is 0.00000288. The van der Waals surface area contributed by atoms with Gasteiger partial charge in [0.05, 0.1) is 18.2 Å². The van der Waals surface area contributed by atoms with E-state index in [0.29, 0.717) is 12.3 Å². The van der Waals surface area contributed by atoms with Gasteiger partial charge in [0.2, 0.25) is 0 Å². The summed E-state index contributed by atoms with van der Waals surface area (Å²) in [4.78, 5) is 11.0. The minimum atomic E-state index is -0.941. The van der Waals surface area contributed by atoms with Crippen molar-refractivity contribution in [3.63, 3.8) is 0 Å². The van der Waals surface area contributed by atoms with Crippen molar-refractivity contribution >= 4 is 18.4 Å². The van der Waals surface area contributed by atoms with Gasteiger partial charge in [-0.05, 0) is 51.1 Å². The zero-order chi connectivity index (χ0) is 16.7. The molecule has 2 N–H and O–H groups in total. The van der Waals surface area contributed by atoms with Crippen LogP contribution in [0.15, 0.2) is 40.8 Å². The van der Waals surface area contributed by atoms with Crippen LogP contribution >= 0.6 is 12.4 Å². The first-order valence-corrected chi connectivity index (χ1v) is 7.81. The predicted molar refractivity (Wildman–Crippen MR) is 95.8 cm³/mol. The predicted octanol–water partition coefficient (Wildman–Crippen LogP) is 3.97. The van der Waals surface area contributed by atoms with Gasteiger partial charge in [0, 0.05) is 12.2 Å². The third kappa shape index (κ3) is 6.35. The SMILES string of the molecule is CC(C)OCCCNCc1ccc(-c2cccc(C(=O)O)c2)o1.Cl. The molecule has 0 fully saturated rings. The highest BCUT2D eigenvalue weighted by Crippen LogP contribution is 2.23. The highest BCUT2D eigenvalue weighted by atomic mass is 35.5. The van der Waals surface area contributed by atoms with E-state index in [1.54, 1.807) is 18.2 Å². The summed E-state index contributed by atoms with van der Waals surface area (Å²) in [5.41, 5.74) is 1.02. The first-order valence-electron chi connectivity index (χ1n) is 7.81. The fraction of sp³-hybridized carbons (Fsp3) is 0.389. The van der Waals surface area contributed by atoms with Crippen LogP contribution in [0.2, 0.25) is 0 Å². The van der Waals surface area contributed by atoms with Gasteiger partial charge < -0.3 is 19.6 Å². The number of furan rings is 1. The van der Waals surface area contributed by atoms with Crippen molar-refractivity contribution in [1.29, 1.82) is 0 Å². The van der Waals surface area contributed by atoms with E-state index in [4.69, 9.17) is 14.3 Å². The van der Waals surface area contributed by atoms with E-state index in [-0.39, 0.29) is 24.1 Å². The second-order valence-corrected chi connectivity index (χ2v) is 5.60. The molecule has 0 amide bonds. The molecule has 132 valence electrons. The van der Waals surface area contributed by atoms with Gasteiger partial charge in [-0.2, -0.15) is 0 Å². The van der Waals surface area contributed by atoms with Crippen molar-refractivity contribution in [2.24, 2.45) is 0 Å². The van der Waals surface area contributed by atoms with Crippen LogP contribution < -0.4 is 5.32 Å². The highest BCUT2D eigenvalue weighted by molar-refractivity contribution is 5.89. The van der Waals surface area contributed by atoms with Gasteiger partial charge in [-0.3, -0.25) is 0 Å². The number of carboxylic acids is 1. The molecule has 0 aliphatic carbocycles. The summed E-state index contributed by atoms with van der Waals surface area (Å²) in [6, 6.07) is 10.5. The minimum Gasteiger partial charge on any atom is -0.478 e. The van der Waals surface area contributed by atoms with Gasteiger partial charge >= 0.3 is 5.97 Å². The fourth-order valence-electron chi connectivity index (χ4n) is 2.16. The molecular weight excluding hydrogens is 330 g/mol. The van der Waals surface area contributed by atoms with Crippen LogP contribution in [0, 0.1) is 0 Å². The number of benzene rings is 1. The first kappa shape index (κ1) is 20.2. The number of carbonyl (C=O) groups is 1. The largest absolute Gasteiger partial charge is 0.478 e. The maximum absolute atomic E-state index is 11.0. The van der Waals surface area contributed by atoms with Crippen molar-refractivity contribution in [3.8, 4) is 11.3 Å². The Bertz CT molecular complexity index is 639. The number of nitrogens with one attached hydrogen (secondary N) is 1. The summed E-state index contributed by atoms with van der Waals surface area (Å²) in [5.74, 6) is 0.558. The van der Waals surface area contributed by atoms with E-state index in [2.05, 4.69) is 5.32 Å². The summed E-state index contributed by atoms with van der Waals surface area (Å²) in [5, 5.41) is 12.3. The second-order valence-electron chi connectivity index (χ2n) is 5.60. The van der Waals surface area contributed by atoms with Crippen LogP contribution in [0.4, 0.5) is 0 Å². The Morgan fingerprint density at radius 2 is 2.08 bits per heavy atom. The molecule has 1 aromatic heterocycles. The molecule has 0 saturated heterocycles. The topological polar surface area (TPSA) is 71.7 Å². The molecule has 2 rings (SSSR count). The number of carboxylic acid groups (broad SMARTS) is 1. The van der Waals surface area contributed by atoms with Gasteiger partial charge in [-0.25, -0.2) is 4.79 Å². The summed E-state index contributed by atoms with van der Waals surface area (Å²) < 4.78 is 11.2. The molecule has 1 heterocycles. The smallest absolute Gasteiger partial charge is 0.335 e.